The van der Waals surface area contributed by atoms with Gasteiger partial charge in [-0.25, -0.2) is 4.39 Å². The molecular weight excluding hydrogens is 313 g/mol. The molecule has 3 nitrogen and oxygen atoms in total. The van der Waals surface area contributed by atoms with Crippen molar-refractivity contribution in [3.05, 3.63) is 29.6 Å². The number of ether oxygens (including phenoxy) is 2. The predicted molar refractivity (Wildman–Crippen MR) is 74.5 cm³/mol. The molecule has 2 aliphatic heterocycles. The van der Waals surface area contributed by atoms with Crippen LogP contribution in [0.5, 0.6) is 5.75 Å². The van der Waals surface area contributed by atoms with E-state index in [1.807, 2.05) is 0 Å². The molecule has 2 heterocycles. The molecule has 2 aliphatic rings. The second kappa shape index (κ2) is 5.77. The van der Waals surface area contributed by atoms with Crippen molar-refractivity contribution in [1.29, 1.82) is 0 Å². The van der Waals surface area contributed by atoms with Crippen LogP contribution in [0.2, 0.25) is 0 Å². The van der Waals surface area contributed by atoms with Crippen LogP contribution in [-0.4, -0.2) is 48.7 Å². The first-order valence-electron chi connectivity index (χ1n) is 6.59. The fraction of sp³-hybridized carbons (Fsp3) is 0.571. The van der Waals surface area contributed by atoms with Gasteiger partial charge >= 0.3 is 0 Å². The van der Waals surface area contributed by atoms with Gasteiger partial charge in [-0.3, -0.25) is 4.90 Å². The zero-order valence-corrected chi connectivity index (χ0v) is 12.2. The Balaban J connectivity index is 1.63. The predicted octanol–water partition coefficient (Wildman–Crippen LogP) is 2.22. The maximum atomic E-state index is 13.2. The van der Waals surface area contributed by atoms with Crippen molar-refractivity contribution in [2.45, 2.75) is 18.6 Å². The van der Waals surface area contributed by atoms with Crippen LogP contribution >= 0.6 is 15.9 Å². The minimum atomic E-state index is -0.187. The third-order valence-electron chi connectivity index (χ3n) is 3.73. The Morgan fingerprint density at radius 1 is 1.42 bits per heavy atom. The van der Waals surface area contributed by atoms with Gasteiger partial charge in [0, 0.05) is 36.4 Å². The van der Waals surface area contributed by atoms with E-state index in [1.165, 1.54) is 6.07 Å². The standard InChI is InChI=1S/C14H17BrFNO2/c15-7-12-9-18-4-3-17(12)8-13-6-10-5-11(16)1-2-14(10)19-13/h1-2,5,12-13H,3-4,6-9H2. The molecule has 1 aromatic rings. The summed E-state index contributed by atoms with van der Waals surface area (Å²) in [6, 6.07) is 5.16. The van der Waals surface area contributed by atoms with Gasteiger partial charge in [-0.05, 0) is 18.2 Å². The second-order valence-electron chi connectivity index (χ2n) is 5.07. The van der Waals surface area contributed by atoms with Crippen LogP contribution in [0.25, 0.3) is 0 Å². The highest BCUT2D eigenvalue weighted by Crippen LogP contribution is 2.30. The summed E-state index contributed by atoms with van der Waals surface area (Å²) in [5.74, 6) is 0.641. The number of fused-ring (bicyclic) bond motifs is 1. The summed E-state index contributed by atoms with van der Waals surface area (Å²) in [7, 11) is 0. The van der Waals surface area contributed by atoms with Crippen LogP contribution < -0.4 is 4.74 Å². The van der Waals surface area contributed by atoms with Crippen LogP contribution in [0, 0.1) is 5.82 Å². The molecule has 1 saturated heterocycles. The molecule has 0 radical (unpaired) electrons. The largest absolute Gasteiger partial charge is 0.488 e. The molecule has 2 atom stereocenters. The van der Waals surface area contributed by atoms with Gasteiger partial charge in [0.15, 0.2) is 0 Å². The monoisotopic (exact) mass is 329 g/mol. The molecule has 19 heavy (non-hydrogen) atoms. The van der Waals surface area contributed by atoms with Gasteiger partial charge in [0.05, 0.1) is 13.2 Å². The Hall–Kier alpha value is -0.650. The first-order chi connectivity index (χ1) is 9.26. The maximum Gasteiger partial charge on any atom is 0.123 e. The van der Waals surface area contributed by atoms with Gasteiger partial charge in [-0.2, -0.15) is 0 Å². The first-order valence-corrected chi connectivity index (χ1v) is 7.71. The molecule has 0 spiro atoms. The third-order valence-corrected chi connectivity index (χ3v) is 4.48. The van der Waals surface area contributed by atoms with Crippen molar-refractivity contribution in [3.63, 3.8) is 0 Å². The van der Waals surface area contributed by atoms with Gasteiger partial charge in [0.25, 0.3) is 0 Å². The van der Waals surface area contributed by atoms with Crippen LogP contribution in [0.4, 0.5) is 4.39 Å². The van der Waals surface area contributed by atoms with Gasteiger partial charge in [-0.15, -0.1) is 0 Å². The minimum Gasteiger partial charge on any atom is -0.488 e. The fourth-order valence-corrected chi connectivity index (χ4v) is 3.32. The lowest BCUT2D eigenvalue weighted by Crippen LogP contribution is -2.50. The summed E-state index contributed by atoms with van der Waals surface area (Å²) in [5.41, 5.74) is 0.980. The second-order valence-corrected chi connectivity index (χ2v) is 5.72. The highest BCUT2D eigenvalue weighted by molar-refractivity contribution is 9.09. The van der Waals surface area contributed by atoms with E-state index in [9.17, 15) is 4.39 Å². The summed E-state index contributed by atoms with van der Waals surface area (Å²) >= 11 is 3.53. The van der Waals surface area contributed by atoms with E-state index in [2.05, 4.69) is 20.8 Å². The molecule has 0 aliphatic carbocycles. The van der Waals surface area contributed by atoms with E-state index in [0.29, 0.717) is 6.04 Å². The van der Waals surface area contributed by atoms with Gasteiger partial charge in [-0.1, -0.05) is 15.9 Å². The molecule has 1 fully saturated rings. The lowest BCUT2D eigenvalue weighted by atomic mass is 10.1. The van der Waals surface area contributed by atoms with E-state index in [-0.39, 0.29) is 11.9 Å². The number of benzene rings is 1. The van der Waals surface area contributed by atoms with E-state index >= 15 is 0 Å². The summed E-state index contributed by atoms with van der Waals surface area (Å²) in [6.07, 6.45) is 0.913. The normalized spacial score (nSPS) is 27.1. The topological polar surface area (TPSA) is 21.7 Å². The molecular formula is C14H17BrFNO2. The molecule has 0 bridgehead atoms. The molecule has 3 rings (SSSR count). The Morgan fingerprint density at radius 3 is 3.16 bits per heavy atom. The zero-order chi connectivity index (χ0) is 13.2. The van der Waals surface area contributed by atoms with E-state index in [4.69, 9.17) is 9.47 Å². The fourth-order valence-electron chi connectivity index (χ4n) is 2.72. The van der Waals surface area contributed by atoms with Crippen molar-refractivity contribution in [2.75, 3.05) is 31.6 Å². The molecule has 2 unspecified atom stereocenters. The van der Waals surface area contributed by atoms with Crippen LogP contribution in [0.15, 0.2) is 18.2 Å². The molecule has 0 aromatic heterocycles. The van der Waals surface area contributed by atoms with Crippen molar-refractivity contribution in [1.82, 2.24) is 4.90 Å². The Morgan fingerprint density at radius 2 is 2.32 bits per heavy atom. The summed E-state index contributed by atoms with van der Waals surface area (Å²) in [6.45, 7) is 3.34. The average Bonchev–Trinajstić information content (AvgIpc) is 2.80. The SMILES string of the molecule is Fc1ccc2c(c1)CC(CN1CCOCC1CBr)O2. The Labute approximate surface area is 120 Å². The molecule has 104 valence electrons. The molecule has 0 N–H and O–H groups in total. The van der Waals surface area contributed by atoms with Crippen molar-refractivity contribution >= 4 is 15.9 Å². The Bertz CT molecular complexity index is 457. The molecule has 0 saturated carbocycles. The van der Waals surface area contributed by atoms with Crippen molar-refractivity contribution < 1.29 is 13.9 Å². The van der Waals surface area contributed by atoms with Gasteiger partial charge in [0.2, 0.25) is 0 Å². The van der Waals surface area contributed by atoms with Crippen molar-refractivity contribution in [3.8, 4) is 5.75 Å². The number of alkyl halides is 1. The average molecular weight is 330 g/mol. The van der Waals surface area contributed by atoms with E-state index in [0.717, 1.165) is 49.4 Å². The molecule has 1 aromatic carbocycles. The molecule has 5 heteroatoms. The number of hydrogen-bond acceptors (Lipinski definition) is 3. The van der Waals surface area contributed by atoms with E-state index < -0.39 is 0 Å². The van der Waals surface area contributed by atoms with Crippen LogP contribution in [-0.2, 0) is 11.2 Å². The van der Waals surface area contributed by atoms with Crippen LogP contribution in [0.1, 0.15) is 5.56 Å². The summed E-state index contributed by atoms with van der Waals surface area (Å²) in [4.78, 5) is 2.39. The third kappa shape index (κ3) is 2.93. The van der Waals surface area contributed by atoms with Gasteiger partial charge < -0.3 is 9.47 Å². The quantitative estimate of drug-likeness (QED) is 0.794. The minimum absolute atomic E-state index is 0.122. The summed E-state index contributed by atoms with van der Waals surface area (Å²) in [5, 5.41) is 0.904. The smallest absolute Gasteiger partial charge is 0.123 e. The highest BCUT2D eigenvalue weighted by Gasteiger charge is 2.29. The lowest BCUT2D eigenvalue weighted by molar-refractivity contribution is -0.0118. The van der Waals surface area contributed by atoms with Gasteiger partial charge in [0.1, 0.15) is 17.7 Å². The number of morpholine rings is 1. The zero-order valence-electron chi connectivity index (χ0n) is 10.6. The highest BCUT2D eigenvalue weighted by atomic mass is 79.9. The number of rotatable bonds is 3. The molecule has 0 amide bonds. The number of halogens is 2. The first kappa shape index (κ1) is 13.3. The maximum absolute atomic E-state index is 13.2. The Kier molecular flexibility index (Phi) is 4.05. The lowest BCUT2D eigenvalue weighted by Gasteiger charge is -2.35. The summed E-state index contributed by atoms with van der Waals surface area (Å²) < 4.78 is 24.6. The van der Waals surface area contributed by atoms with Crippen LogP contribution in [0.3, 0.4) is 0 Å². The number of nitrogens with zero attached hydrogens (tertiary/aromatic N) is 1. The van der Waals surface area contributed by atoms with E-state index in [1.54, 1.807) is 12.1 Å². The van der Waals surface area contributed by atoms with Crippen molar-refractivity contribution in [2.24, 2.45) is 0 Å². The number of hydrogen-bond donors (Lipinski definition) is 0.